The average Bonchev–Trinajstić information content (AvgIpc) is 3.21. The number of aryl methyl sites for hydroxylation is 1. The quantitative estimate of drug-likeness (QED) is 0.681. The molecule has 2 atom stereocenters. The summed E-state index contributed by atoms with van der Waals surface area (Å²) in [5, 5.41) is 2.97. The molecule has 0 aliphatic carbocycles. The summed E-state index contributed by atoms with van der Waals surface area (Å²) in [4.78, 5) is 22.1. The van der Waals surface area contributed by atoms with Gasteiger partial charge in [0.1, 0.15) is 0 Å². The van der Waals surface area contributed by atoms with Gasteiger partial charge in [-0.1, -0.05) is 20.4 Å². The highest BCUT2D eigenvalue weighted by Crippen LogP contribution is 2.31. The van der Waals surface area contributed by atoms with Crippen LogP contribution in [0, 0.1) is 0 Å². The summed E-state index contributed by atoms with van der Waals surface area (Å²) < 4.78 is 17.8. The predicted molar refractivity (Wildman–Crippen MR) is 131 cm³/mol. The molecule has 0 spiro atoms. The van der Waals surface area contributed by atoms with Gasteiger partial charge in [0, 0.05) is 41.5 Å². The van der Waals surface area contributed by atoms with Crippen LogP contribution in [0.2, 0.25) is 0 Å². The van der Waals surface area contributed by atoms with Gasteiger partial charge < -0.3 is 15.0 Å². The molecule has 1 amide bonds. The molecule has 3 rings (SSSR count). The summed E-state index contributed by atoms with van der Waals surface area (Å²) in [7, 11) is -1.02. The molecule has 0 aromatic carbocycles. The Kier molecular flexibility index (Phi) is 9.02. The molecule has 0 saturated heterocycles. The van der Waals surface area contributed by atoms with E-state index in [0.717, 1.165) is 42.2 Å². The van der Waals surface area contributed by atoms with Crippen LogP contribution in [0.25, 0.3) is 0 Å². The molecular formula is C24H33N3O3S2. The fraction of sp³-hybridized carbons (Fsp3) is 0.500. The summed E-state index contributed by atoms with van der Waals surface area (Å²) >= 11 is 1.58. The standard InChI is InChI=1S/C24H33N3O3S2/c1-5-32(29)20-9-8-19(25-15-20)14-26-24(28)23-13-21-18(4)16-30-12-11-27(17(2)3)10-6-7-22(21)31-23/h8-9,13,15,18H,2,5-7,10-12,14,16H2,1,3-4H3,(H,26,28)/t18-,32?/m1/s1. The molecule has 8 heteroatoms. The molecule has 174 valence electrons. The van der Waals surface area contributed by atoms with Gasteiger partial charge in [-0.25, -0.2) is 0 Å². The first-order chi connectivity index (χ1) is 15.4. The highest BCUT2D eigenvalue weighted by atomic mass is 32.2. The number of amides is 1. The number of thiophene rings is 1. The van der Waals surface area contributed by atoms with E-state index in [4.69, 9.17) is 4.74 Å². The zero-order valence-corrected chi connectivity index (χ0v) is 20.8. The third-order valence-electron chi connectivity index (χ3n) is 5.59. The summed E-state index contributed by atoms with van der Waals surface area (Å²) in [6.07, 6.45) is 3.59. The van der Waals surface area contributed by atoms with Crippen LogP contribution in [-0.2, 0) is 28.5 Å². The number of hydrogen-bond acceptors (Lipinski definition) is 6. The van der Waals surface area contributed by atoms with E-state index in [0.29, 0.717) is 30.4 Å². The lowest BCUT2D eigenvalue weighted by Crippen LogP contribution is -2.27. The van der Waals surface area contributed by atoms with E-state index < -0.39 is 10.8 Å². The maximum atomic E-state index is 12.8. The Hall–Kier alpha value is -2.03. The maximum Gasteiger partial charge on any atom is 0.261 e. The van der Waals surface area contributed by atoms with Gasteiger partial charge >= 0.3 is 0 Å². The lowest BCUT2D eigenvalue weighted by atomic mass is 10.0. The Bertz CT molecular complexity index is 956. The van der Waals surface area contributed by atoms with E-state index in [9.17, 15) is 9.00 Å². The fourth-order valence-electron chi connectivity index (χ4n) is 3.69. The number of pyridine rings is 1. The summed E-state index contributed by atoms with van der Waals surface area (Å²) in [6, 6.07) is 5.66. The molecular weight excluding hydrogens is 442 g/mol. The summed E-state index contributed by atoms with van der Waals surface area (Å²) in [6.45, 7) is 13.6. The van der Waals surface area contributed by atoms with Crippen LogP contribution in [0.3, 0.4) is 0 Å². The van der Waals surface area contributed by atoms with Crippen LogP contribution >= 0.6 is 11.3 Å². The van der Waals surface area contributed by atoms with Gasteiger partial charge in [-0.15, -0.1) is 11.3 Å². The third kappa shape index (κ3) is 6.49. The average molecular weight is 476 g/mol. The first-order valence-electron chi connectivity index (χ1n) is 11.1. The largest absolute Gasteiger partial charge is 0.379 e. The van der Waals surface area contributed by atoms with Crippen molar-refractivity contribution >= 4 is 28.0 Å². The van der Waals surface area contributed by atoms with Gasteiger partial charge in [-0.3, -0.25) is 14.0 Å². The molecule has 0 bridgehead atoms. The summed E-state index contributed by atoms with van der Waals surface area (Å²) in [5.74, 6) is 0.720. The van der Waals surface area contributed by atoms with Crippen molar-refractivity contribution in [3.05, 3.63) is 57.7 Å². The van der Waals surface area contributed by atoms with Crippen LogP contribution in [0.5, 0.6) is 0 Å². The van der Waals surface area contributed by atoms with E-state index in [1.54, 1.807) is 17.5 Å². The number of carbonyl (C=O) groups excluding carboxylic acids is 1. The molecule has 3 heterocycles. The number of nitrogens with zero attached hydrogens (tertiary/aromatic N) is 2. The minimum atomic E-state index is -1.02. The second-order valence-electron chi connectivity index (χ2n) is 8.09. The molecule has 6 nitrogen and oxygen atoms in total. The first kappa shape index (κ1) is 24.6. The van der Waals surface area contributed by atoms with Crippen LogP contribution < -0.4 is 5.32 Å². The van der Waals surface area contributed by atoms with Crippen molar-refractivity contribution in [1.82, 2.24) is 15.2 Å². The third-order valence-corrected chi connectivity index (χ3v) is 8.10. The van der Waals surface area contributed by atoms with Crippen molar-refractivity contribution in [2.75, 3.05) is 32.1 Å². The van der Waals surface area contributed by atoms with E-state index in [2.05, 4.69) is 28.7 Å². The number of hydrogen-bond donors (Lipinski definition) is 1. The number of aromatic nitrogens is 1. The van der Waals surface area contributed by atoms with Gasteiger partial charge in [0.05, 0.1) is 46.0 Å². The number of allylic oxidation sites excluding steroid dienone is 1. The molecule has 32 heavy (non-hydrogen) atoms. The second kappa shape index (κ2) is 11.7. The molecule has 2 aromatic heterocycles. The smallest absolute Gasteiger partial charge is 0.261 e. The van der Waals surface area contributed by atoms with E-state index in [1.165, 1.54) is 10.4 Å². The molecule has 2 aromatic rings. The highest BCUT2D eigenvalue weighted by molar-refractivity contribution is 7.85. The molecule has 1 unspecified atom stereocenters. The van der Waals surface area contributed by atoms with E-state index in [1.807, 2.05) is 32.0 Å². The zero-order valence-electron chi connectivity index (χ0n) is 19.2. The normalized spacial score (nSPS) is 18.3. The van der Waals surface area contributed by atoms with Crippen molar-refractivity contribution < 1.29 is 13.7 Å². The fourth-order valence-corrected chi connectivity index (χ4v) is 5.65. The molecule has 1 N–H and O–H groups in total. The van der Waals surface area contributed by atoms with Gasteiger partial charge in [-0.05, 0) is 43.5 Å². The van der Waals surface area contributed by atoms with Crippen molar-refractivity contribution in [3.8, 4) is 0 Å². The zero-order chi connectivity index (χ0) is 23.1. The van der Waals surface area contributed by atoms with E-state index >= 15 is 0 Å². The number of nitrogens with one attached hydrogen (secondary N) is 1. The minimum absolute atomic E-state index is 0.0886. The Morgan fingerprint density at radius 2 is 2.22 bits per heavy atom. The Balaban J connectivity index is 1.66. The number of ether oxygens (including phenoxy) is 1. The van der Waals surface area contributed by atoms with Crippen LogP contribution in [0.4, 0.5) is 0 Å². The molecule has 1 aliphatic heterocycles. The number of rotatable bonds is 6. The highest BCUT2D eigenvalue weighted by Gasteiger charge is 2.20. The van der Waals surface area contributed by atoms with Crippen LogP contribution in [-0.4, -0.2) is 52.1 Å². The van der Waals surface area contributed by atoms with Crippen molar-refractivity contribution in [2.45, 2.75) is 51.0 Å². The summed E-state index contributed by atoms with van der Waals surface area (Å²) in [5.41, 5.74) is 3.03. The maximum absolute atomic E-state index is 12.8. The molecule has 0 fully saturated rings. The Morgan fingerprint density at radius 1 is 1.41 bits per heavy atom. The van der Waals surface area contributed by atoms with Crippen molar-refractivity contribution in [2.24, 2.45) is 0 Å². The predicted octanol–water partition coefficient (Wildman–Crippen LogP) is 4.10. The number of fused-ring (bicyclic) bond motifs is 1. The monoisotopic (exact) mass is 475 g/mol. The second-order valence-corrected chi connectivity index (χ2v) is 11.0. The lowest BCUT2D eigenvalue weighted by Gasteiger charge is -2.24. The van der Waals surface area contributed by atoms with Crippen LogP contribution in [0.15, 0.2) is 41.6 Å². The topological polar surface area (TPSA) is 71.5 Å². The minimum Gasteiger partial charge on any atom is -0.379 e. The lowest BCUT2D eigenvalue weighted by molar-refractivity contribution is 0.0953. The number of carbonyl (C=O) groups is 1. The molecule has 0 radical (unpaired) electrons. The van der Waals surface area contributed by atoms with Gasteiger partial charge in [-0.2, -0.15) is 0 Å². The SMILES string of the molecule is C=C(C)N1CCCc2sc(C(=O)NCc3ccc(S(=O)CC)cn3)cc2[C@H](C)COCC1. The van der Waals surface area contributed by atoms with Gasteiger partial charge in [0.2, 0.25) is 0 Å². The molecule has 0 saturated carbocycles. The Morgan fingerprint density at radius 3 is 2.91 bits per heavy atom. The van der Waals surface area contributed by atoms with Crippen LogP contribution in [0.1, 0.15) is 58.9 Å². The van der Waals surface area contributed by atoms with Gasteiger partial charge in [0.25, 0.3) is 5.91 Å². The van der Waals surface area contributed by atoms with E-state index in [-0.39, 0.29) is 11.8 Å². The molecule has 1 aliphatic rings. The van der Waals surface area contributed by atoms with Gasteiger partial charge in [0.15, 0.2) is 0 Å². The Labute approximate surface area is 197 Å². The first-order valence-corrected chi connectivity index (χ1v) is 13.2. The van der Waals surface area contributed by atoms with Crippen molar-refractivity contribution in [3.63, 3.8) is 0 Å². The van der Waals surface area contributed by atoms with Crippen molar-refractivity contribution in [1.29, 1.82) is 0 Å².